The first-order valence-corrected chi connectivity index (χ1v) is 23.4. The fraction of sp³-hybridized carbons (Fsp3) is 0.720. The van der Waals surface area contributed by atoms with Crippen LogP contribution in [-0.4, -0.2) is 22.2 Å². The minimum Gasteiger partial charge on any atom is -0.872 e. The van der Waals surface area contributed by atoms with Gasteiger partial charge in [-0.05, 0) is 48.9 Å². The van der Waals surface area contributed by atoms with Crippen LogP contribution in [0.15, 0.2) is 36.4 Å². The number of hydrogen-bond donors (Lipinski definition) is 2. The largest absolute Gasteiger partial charge is 2.00 e. The first-order chi connectivity index (χ1) is 27.3. The van der Waals surface area contributed by atoms with Crippen molar-refractivity contribution >= 4 is 11.9 Å². The van der Waals surface area contributed by atoms with Gasteiger partial charge in [-0.2, -0.15) is 0 Å². The zero-order valence-electron chi connectivity index (χ0n) is 36.7. The van der Waals surface area contributed by atoms with Crippen LogP contribution in [0.4, 0.5) is 0 Å². The zero-order chi connectivity index (χ0) is 40.9. The summed E-state index contributed by atoms with van der Waals surface area (Å²) in [5.41, 5.74) is 1.72. The van der Waals surface area contributed by atoms with Crippen LogP contribution < -0.4 is 10.2 Å². The van der Waals surface area contributed by atoms with E-state index in [0.29, 0.717) is 0 Å². The summed E-state index contributed by atoms with van der Waals surface area (Å²) in [4.78, 5) is 22.0. The normalized spacial score (nSPS) is 10.8. The Kier molecular flexibility index (Phi) is 37.4. The number of carboxylic acids is 2. The number of unbranched alkanes of at least 4 members (excludes halogenated alkanes) is 30. The van der Waals surface area contributed by atoms with Crippen molar-refractivity contribution in [2.24, 2.45) is 0 Å². The third kappa shape index (κ3) is 31.2. The molecule has 0 saturated carbocycles. The molecule has 0 saturated heterocycles. The average molecular weight is 845 g/mol. The standard InChI is InChI=1S/2C25H42O3.Zn/c2*1-2-3-4-5-6-7-8-9-10-11-12-13-14-15-16-17-18-22-19-20-24(26)23(21-22)25(27)28;/h2*19-21,26H,2-18H2,1H3,(H,27,28);/q;;+2/p-2. The van der Waals surface area contributed by atoms with Crippen molar-refractivity contribution in [3.05, 3.63) is 58.7 Å². The number of hydrogen-bond acceptors (Lipinski definition) is 4. The van der Waals surface area contributed by atoms with Crippen molar-refractivity contribution < 1.29 is 49.5 Å². The van der Waals surface area contributed by atoms with E-state index >= 15 is 0 Å². The number of benzene rings is 2. The van der Waals surface area contributed by atoms with Crippen LogP contribution in [0.25, 0.3) is 0 Å². The van der Waals surface area contributed by atoms with E-state index in [9.17, 15) is 19.8 Å². The molecule has 0 aliphatic rings. The van der Waals surface area contributed by atoms with Crippen molar-refractivity contribution in [1.82, 2.24) is 0 Å². The molecule has 0 aliphatic carbocycles. The second-order valence-corrected chi connectivity index (χ2v) is 16.4. The second kappa shape index (κ2) is 39.1. The van der Waals surface area contributed by atoms with Crippen LogP contribution in [0.5, 0.6) is 11.5 Å². The average Bonchev–Trinajstić information content (AvgIpc) is 3.18. The summed E-state index contributed by atoms with van der Waals surface area (Å²) >= 11 is 0. The molecule has 2 aromatic carbocycles. The van der Waals surface area contributed by atoms with Gasteiger partial charge in [0.15, 0.2) is 0 Å². The van der Waals surface area contributed by atoms with Crippen molar-refractivity contribution in [1.29, 1.82) is 0 Å². The van der Waals surface area contributed by atoms with Gasteiger partial charge in [-0.15, -0.1) is 0 Å². The fourth-order valence-electron chi connectivity index (χ4n) is 7.55. The zero-order valence-corrected chi connectivity index (χ0v) is 39.7. The van der Waals surface area contributed by atoms with Crippen molar-refractivity contribution in [3.8, 4) is 11.5 Å². The molecule has 0 spiro atoms. The van der Waals surface area contributed by atoms with Gasteiger partial charge in [0.1, 0.15) is 0 Å². The molecule has 0 unspecified atom stereocenters. The third-order valence-electron chi connectivity index (χ3n) is 11.2. The van der Waals surface area contributed by atoms with E-state index in [-0.39, 0.29) is 30.6 Å². The smallest absolute Gasteiger partial charge is 0.872 e. The van der Waals surface area contributed by atoms with E-state index in [1.54, 1.807) is 12.1 Å². The van der Waals surface area contributed by atoms with Crippen molar-refractivity contribution in [3.63, 3.8) is 0 Å². The monoisotopic (exact) mass is 843 g/mol. The van der Waals surface area contributed by atoms with E-state index in [1.807, 2.05) is 0 Å². The van der Waals surface area contributed by atoms with Gasteiger partial charge >= 0.3 is 31.4 Å². The predicted molar refractivity (Wildman–Crippen MR) is 232 cm³/mol. The first-order valence-electron chi connectivity index (χ1n) is 23.4. The predicted octanol–water partition coefficient (Wildman–Crippen LogP) is 14.5. The van der Waals surface area contributed by atoms with Gasteiger partial charge in [0.2, 0.25) is 0 Å². The SMILES string of the molecule is CCCCCCCCCCCCCCCCCCc1ccc([O-])c(C(=O)O)c1.CCCCCCCCCCCCCCCCCCc1ccc([O-])c(C(=O)O)c1.[Zn+2]. The van der Waals surface area contributed by atoms with Crippen LogP contribution in [0, 0.1) is 0 Å². The summed E-state index contributed by atoms with van der Waals surface area (Å²) in [6, 6.07) is 9.36. The van der Waals surface area contributed by atoms with Gasteiger partial charge in [0.05, 0.1) is 11.1 Å². The summed E-state index contributed by atoms with van der Waals surface area (Å²) in [5, 5.41) is 40.9. The molecule has 6 nitrogen and oxygen atoms in total. The molecular formula is C50H82O6Zn. The van der Waals surface area contributed by atoms with Crippen LogP contribution in [0.1, 0.15) is 251 Å². The Morgan fingerprint density at radius 1 is 0.386 bits per heavy atom. The number of aryl methyl sites for hydroxylation is 2. The van der Waals surface area contributed by atoms with E-state index in [4.69, 9.17) is 10.2 Å². The molecule has 0 fully saturated rings. The molecule has 0 atom stereocenters. The molecule has 2 aromatic rings. The Bertz CT molecular complexity index is 1150. The quantitative estimate of drug-likeness (QED) is 0.0520. The minimum absolute atomic E-state index is 0. The fourth-order valence-corrected chi connectivity index (χ4v) is 7.55. The number of carbonyl (C=O) groups is 2. The molecule has 0 heterocycles. The maximum Gasteiger partial charge on any atom is 2.00 e. The molecule has 7 heteroatoms. The minimum atomic E-state index is -1.13. The van der Waals surface area contributed by atoms with Crippen LogP contribution in [-0.2, 0) is 32.3 Å². The van der Waals surface area contributed by atoms with Gasteiger partial charge in [0, 0.05) is 0 Å². The van der Waals surface area contributed by atoms with Gasteiger partial charge in [-0.3, -0.25) is 0 Å². The second-order valence-electron chi connectivity index (χ2n) is 16.4. The molecule has 320 valence electrons. The number of carboxylic acid groups (broad SMARTS) is 2. The van der Waals surface area contributed by atoms with Crippen molar-refractivity contribution in [2.75, 3.05) is 0 Å². The van der Waals surface area contributed by atoms with E-state index < -0.39 is 23.4 Å². The van der Waals surface area contributed by atoms with Gasteiger partial charge in [-0.25, -0.2) is 9.59 Å². The van der Waals surface area contributed by atoms with E-state index in [2.05, 4.69) is 13.8 Å². The van der Waals surface area contributed by atoms with E-state index in [0.717, 1.165) is 36.8 Å². The Morgan fingerprint density at radius 3 is 0.807 bits per heavy atom. The van der Waals surface area contributed by atoms with Crippen molar-refractivity contribution in [2.45, 2.75) is 232 Å². The Labute approximate surface area is 362 Å². The number of aromatic carboxylic acids is 2. The third-order valence-corrected chi connectivity index (χ3v) is 11.2. The Morgan fingerprint density at radius 2 is 0.596 bits per heavy atom. The van der Waals surface area contributed by atoms with Crippen LogP contribution >= 0.6 is 0 Å². The molecular weight excluding hydrogens is 762 g/mol. The maximum atomic E-state index is 11.5. The molecule has 0 aliphatic heterocycles. The summed E-state index contributed by atoms with van der Waals surface area (Å²) in [7, 11) is 0. The molecule has 2 rings (SSSR count). The molecule has 0 radical (unpaired) electrons. The number of rotatable bonds is 36. The molecule has 57 heavy (non-hydrogen) atoms. The first kappa shape index (κ1) is 54.6. The summed E-state index contributed by atoms with van der Waals surface area (Å²) < 4.78 is 0. The maximum absolute atomic E-state index is 11.5. The molecule has 0 bridgehead atoms. The van der Waals surface area contributed by atoms with Crippen LogP contribution in [0.3, 0.4) is 0 Å². The van der Waals surface area contributed by atoms with Gasteiger partial charge in [0.25, 0.3) is 0 Å². The van der Waals surface area contributed by atoms with E-state index in [1.165, 1.54) is 217 Å². The summed E-state index contributed by atoms with van der Waals surface area (Å²) in [6.07, 6.45) is 44.9. The summed E-state index contributed by atoms with van der Waals surface area (Å²) in [6.45, 7) is 4.54. The molecule has 0 amide bonds. The van der Waals surface area contributed by atoms with Crippen LogP contribution in [0.2, 0.25) is 0 Å². The Hall–Kier alpha value is -2.40. The Balaban J connectivity index is 0.00000108. The molecule has 2 N–H and O–H groups in total. The summed E-state index contributed by atoms with van der Waals surface area (Å²) in [5.74, 6) is -3.05. The topological polar surface area (TPSA) is 121 Å². The molecule has 0 aromatic heterocycles. The van der Waals surface area contributed by atoms with Gasteiger partial charge < -0.3 is 20.4 Å². The van der Waals surface area contributed by atoms with Gasteiger partial charge in [-0.1, -0.05) is 242 Å².